The number of hydrogen-bond donors (Lipinski definition) is 2. The lowest BCUT2D eigenvalue weighted by atomic mass is 10.3. The van der Waals surface area contributed by atoms with Crippen LogP contribution >= 0.6 is 0 Å². The van der Waals surface area contributed by atoms with Crippen LogP contribution in [0.25, 0.3) is 0 Å². The Bertz CT molecular complexity index is 636. The van der Waals surface area contributed by atoms with Crippen LogP contribution in [0.5, 0.6) is 11.5 Å². The van der Waals surface area contributed by atoms with Crippen molar-refractivity contribution in [3.8, 4) is 11.5 Å². The number of anilines is 2. The number of nitrogens with one attached hydrogen (secondary N) is 2. The Morgan fingerprint density at radius 1 is 1.04 bits per heavy atom. The fourth-order valence-electron chi connectivity index (χ4n) is 1.89. The quantitative estimate of drug-likeness (QED) is 0.734. The summed E-state index contributed by atoms with van der Waals surface area (Å²) in [6.45, 7) is 4.23. The Hall–Kier alpha value is -2.95. The Kier molecular flexibility index (Phi) is 6.06. The van der Waals surface area contributed by atoms with E-state index >= 15 is 0 Å². The molecule has 0 saturated carbocycles. The smallest absolute Gasteiger partial charge is 0.243 e. The van der Waals surface area contributed by atoms with Crippen LogP contribution in [0, 0.1) is 0 Å². The first-order chi connectivity index (χ1) is 11.2. The standard InChI is InChI=1S/C18H20N2O3/c1-3-12-23-17-10-6-15(7-11-17)20-18(21)13-19-14-4-8-16(22-2)9-5-14/h3-11,19H,1,12-13H2,2H3,(H,20,21). The van der Waals surface area contributed by atoms with E-state index in [1.54, 1.807) is 37.5 Å². The van der Waals surface area contributed by atoms with Crippen LogP contribution in [0.3, 0.4) is 0 Å². The van der Waals surface area contributed by atoms with Gasteiger partial charge in [0.15, 0.2) is 0 Å². The molecule has 0 spiro atoms. The predicted molar refractivity (Wildman–Crippen MR) is 92.2 cm³/mol. The lowest BCUT2D eigenvalue weighted by molar-refractivity contribution is -0.114. The third-order valence-corrected chi connectivity index (χ3v) is 3.05. The zero-order valence-electron chi connectivity index (χ0n) is 13.0. The third kappa shape index (κ3) is 5.39. The van der Waals surface area contributed by atoms with Crippen molar-refractivity contribution in [2.45, 2.75) is 0 Å². The minimum atomic E-state index is -0.124. The molecule has 0 heterocycles. The maximum absolute atomic E-state index is 11.9. The molecular weight excluding hydrogens is 292 g/mol. The highest BCUT2D eigenvalue weighted by atomic mass is 16.5. The first kappa shape index (κ1) is 16.4. The van der Waals surface area contributed by atoms with Crippen molar-refractivity contribution in [3.63, 3.8) is 0 Å². The molecule has 0 aliphatic rings. The number of carbonyl (C=O) groups is 1. The van der Waals surface area contributed by atoms with Gasteiger partial charge in [0.25, 0.3) is 0 Å². The SMILES string of the molecule is C=CCOc1ccc(NC(=O)CNc2ccc(OC)cc2)cc1. The van der Waals surface area contributed by atoms with E-state index in [2.05, 4.69) is 17.2 Å². The number of ether oxygens (including phenoxy) is 2. The summed E-state index contributed by atoms with van der Waals surface area (Å²) in [5.41, 5.74) is 1.58. The fourth-order valence-corrected chi connectivity index (χ4v) is 1.89. The normalized spacial score (nSPS) is 9.78. The molecule has 1 amide bonds. The van der Waals surface area contributed by atoms with Crippen molar-refractivity contribution in [2.24, 2.45) is 0 Å². The van der Waals surface area contributed by atoms with E-state index in [-0.39, 0.29) is 12.5 Å². The van der Waals surface area contributed by atoms with Crippen LogP contribution in [-0.2, 0) is 4.79 Å². The largest absolute Gasteiger partial charge is 0.497 e. The fraction of sp³-hybridized carbons (Fsp3) is 0.167. The molecule has 5 heteroatoms. The van der Waals surface area contributed by atoms with Gasteiger partial charge in [0.05, 0.1) is 13.7 Å². The second kappa shape index (κ2) is 8.48. The lowest BCUT2D eigenvalue weighted by Gasteiger charge is -2.09. The molecule has 0 unspecified atom stereocenters. The van der Waals surface area contributed by atoms with Crippen LogP contribution in [-0.4, -0.2) is 26.2 Å². The molecule has 120 valence electrons. The molecule has 2 aromatic rings. The highest BCUT2D eigenvalue weighted by Crippen LogP contribution is 2.16. The van der Waals surface area contributed by atoms with E-state index in [4.69, 9.17) is 9.47 Å². The van der Waals surface area contributed by atoms with E-state index in [0.29, 0.717) is 6.61 Å². The zero-order valence-corrected chi connectivity index (χ0v) is 13.0. The lowest BCUT2D eigenvalue weighted by Crippen LogP contribution is -2.21. The van der Waals surface area contributed by atoms with Crippen molar-refractivity contribution < 1.29 is 14.3 Å². The molecular formula is C18H20N2O3. The molecule has 5 nitrogen and oxygen atoms in total. The van der Waals surface area contributed by atoms with Gasteiger partial charge >= 0.3 is 0 Å². The number of carbonyl (C=O) groups excluding carboxylic acids is 1. The van der Waals surface area contributed by atoms with E-state index in [9.17, 15) is 4.79 Å². The molecule has 0 radical (unpaired) electrons. The van der Waals surface area contributed by atoms with Gasteiger partial charge in [0, 0.05) is 11.4 Å². The third-order valence-electron chi connectivity index (χ3n) is 3.05. The summed E-state index contributed by atoms with van der Waals surface area (Å²) in [5, 5.41) is 5.87. The number of methoxy groups -OCH3 is 1. The van der Waals surface area contributed by atoms with Crippen LogP contribution in [0.2, 0.25) is 0 Å². The van der Waals surface area contributed by atoms with E-state index in [0.717, 1.165) is 22.9 Å². The van der Waals surface area contributed by atoms with Gasteiger partial charge in [-0.1, -0.05) is 12.7 Å². The number of hydrogen-bond acceptors (Lipinski definition) is 4. The summed E-state index contributed by atoms with van der Waals surface area (Å²) >= 11 is 0. The summed E-state index contributed by atoms with van der Waals surface area (Å²) < 4.78 is 10.5. The second-order valence-corrected chi connectivity index (χ2v) is 4.75. The first-order valence-corrected chi connectivity index (χ1v) is 7.23. The molecule has 23 heavy (non-hydrogen) atoms. The van der Waals surface area contributed by atoms with Crippen LogP contribution < -0.4 is 20.1 Å². The van der Waals surface area contributed by atoms with Crippen LogP contribution in [0.1, 0.15) is 0 Å². The Balaban J connectivity index is 1.80. The molecule has 0 aromatic heterocycles. The highest BCUT2D eigenvalue weighted by molar-refractivity contribution is 5.93. The Morgan fingerprint density at radius 3 is 2.26 bits per heavy atom. The van der Waals surface area contributed by atoms with Crippen molar-refractivity contribution >= 4 is 17.3 Å². The minimum absolute atomic E-state index is 0.124. The number of benzene rings is 2. The Morgan fingerprint density at radius 2 is 1.65 bits per heavy atom. The maximum atomic E-state index is 11.9. The van der Waals surface area contributed by atoms with Gasteiger partial charge in [0.1, 0.15) is 18.1 Å². The molecule has 0 bridgehead atoms. The van der Waals surface area contributed by atoms with Crippen molar-refractivity contribution in [2.75, 3.05) is 30.9 Å². The van der Waals surface area contributed by atoms with E-state index in [1.807, 2.05) is 24.3 Å². The highest BCUT2D eigenvalue weighted by Gasteiger charge is 2.03. The molecule has 0 saturated heterocycles. The van der Waals surface area contributed by atoms with Crippen molar-refractivity contribution in [3.05, 3.63) is 61.2 Å². The summed E-state index contributed by atoms with van der Waals surface area (Å²) in [4.78, 5) is 11.9. The van der Waals surface area contributed by atoms with Crippen molar-refractivity contribution in [1.29, 1.82) is 0 Å². The van der Waals surface area contributed by atoms with Gasteiger partial charge in [-0.05, 0) is 48.5 Å². The van der Waals surface area contributed by atoms with Crippen LogP contribution in [0.15, 0.2) is 61.2 Å². The number of amides is 1. The zero-order chi connectivity index (χ0) is 16.5. The first-order valence-electron chi connectivity index (χ1n) is 7.23. The van der Waals surface area contributed by atoms with E-state index in [1.165, 1.54) is 0 Å². The average molecular weight is 312 g/mol. The molecule has 0 aliphatic heterocycles. The summed E-state index contributed by atoms with van der Waals surface area (Å²) in [6, 6.07) is 14.6. The molecule has 2 N–H and O–H groups in total. The maximum Gasteiger partial charge on any atom is 0.243 e. The van der Waals surface area contributed by atoms with Gasteiger partial charge < -0.3 is 20.1 Å². The Labute approximate surface area is 135 Å². The molecule has 0 fully saturated rings. The summed E-state index contributed by atoms with van der Waals surface area (Å²) in [5.74, 6) is 1.39. The van der Waals surface area contributed by atoms with Gasteiger partial charge in [-0.2, -0.15) is 0 Å². The molecule has 2 aromatic carbocycles. The van der Waals surface area contributed by atoms with Gasteiger partial charge in [-0.3, -0.25) is 4.79 Å². The van der Waals surface area contributed by atoms with Gasteiger partial charge in [-0.15, -0.1) is 0 Å². The number of rotatable bonds is 8. The average Bonchev–Trinajstić information content (AvgIpc) is 2.60. The monoisotopic (exact) mass is 312 g/mol. The van der Waals surface area contributed by atoms with Gasteiger partial charge in [-0.25, -0.2) is 0 Å². The molecule has 0 aliphatic carbocycles. The molecule has 0 atom stereocenters. The second-order valence-electron chi connectivity index (χ2n) is 4.75. The van der Waals surface area contributed by atoms with E-state index < -0.39 is 0 Å². The summed E-state index contributed by atoms with van der Waals surface area (Å²) in [6.07, 6.45) is 1.68. The topological polar surface area (TPSA) is 59.6 Å². The predicted octanol–water partition coefficient (Wildman–Crippen LogP) is 3.31. The van der Waals surface area contributed by atoms with Gasteiger partial charge in [0.2, 0.25) is 5.91 Å². The van der Waals surface area contributed by atoms with Crippen LogP contribution in [0.4, 0.5) is 11.4 Å². The summed E-state index contributed by atoms with van der Waals surface area (Å²) in [7, 11) is 1.61. The minimum Gasteiger partial charge on any atom is -0.497 e. The van der Waals surface area contributed by atoms with Crippen molar-refractivity contribution in [1.82, 2.24) is 0 Å². The molecule has 2 rings (SSSR count).